The van der Waals surface area contributed by atoms with Gasteiger partial charge in [0.05, 0.1) is 10.6 Å². The minimum atomic E-state index is -3.66. The van der Waals surface area contributed by atoms with E-state index >= 15 is 0 Å². The van der Waals surface area contributed by atoms with E-state index in [-0.39, 0.29) is 28.6 Å². The van der Waals surface area contributed by atoms with Gasteiger partial charge >= 0.3 is 5.69 Å². The molecule has 1 amide bonds. The van der Waals surface area contributed by atoms with Gasteiger partial charge in [-0.15, -0.1) is 0 Å². The number of hydrogen-bond donors (Lipinski definition) is 2. The molecule has 1 aliphatic carbocycles. The smallest absolute Gasteiger partial charge is 0.330 e. The molecule has 0 saturated heterocycles. The number of fused-ring (bicyclic) bond motifs is 1. The molecule has 9 nitrogen and oxygen atoms in total. The zero-order valence-corrected chi connectivity index (χ0v) is 18.6. The number of benzene rings is 1. The van der Waals surface area contributed by atoms with Crippen molar-refractivity contribution in [1.82, 2.24) is 9.55 Å². The molecule has 0 aliphatic heterocycles. The predicted molar refractivity (Wildman–Crippen MR) is 119 cm³/mol. The molecule has 1 aliphatic rings. The summed E-state index contributed by atoms with van der Waals surface area (Å²) in [6.07, 6.45) is 3.99. The van der Waals surface area contributed by atoms with Crippen molar-refractivity contribution in [3.63, 3.8) is 0 Å². The highest BCUT2D eigenvalue weighted by atomic mass is 32.2. The normalized spacial score (nSPS) is 13.2. The highest BCUT2D eigenvalue weighted by molar-refractivity contribution is 7.91. The highest BCUT2D eigenvalue weighted by Gasteiger charge is 2.24. The van der Waals surface area contributed by atoms with Gasteiger partial charge in [0.25, 0.3) is 5.56 Å². The van der Waals surface area contributed by atoms with E-state index in [4.69, 9.17) is 5.73 Å². The molecule has 1 aromatic carbocycles. The van der Waals surface area contributed by atoms with Crippen molar-refractivity contribution >= 4 is 27.2 Å². The number of carbonyl (C=O) groups is 1. The molecule has 168 valence electrons. The number of nitrogens with two attached hydrogens (primary N) is 1. The van der Waals surface area contributed by atoms with Gasteiger partial charge in [0, 0.05) is 20.0 Å². The first-order valence-corrected chi connectivity index (χ1v) is 12.0. The van der Waals surface area contributed by atoms with Crippen LogP contribution in [0.3, 0.4) is 0 Å². The van der Waals surface area contributed by atoms with Crippen molar-refractivity contribution in [2.75, 3.05) is 23.4 Å². The van der Waals surface area contributed by atoms with Crippen LogP contribution < -0.4 is 21.9 Å². The second kappa shape index (κ2) is 9.09. The standard InChI is InChI=1S/C21H28N4O5S/c1-3-4-11-25-19(22)18(20(27)23-21(25)28)24(2)17(26)10-12-31(29,30)16-9-8-14-6-5-7-15(14)13-16/h8-9,13H,3-7,10-12,22H2,1-2H3,(H,23,27,28). The van der Waals surface area contributed by atoms with Crippen molar-refractivity contribution in [1.29, 1.82) is 0 Å². The maximum absolute atomic E-state index is 12.7. The van der Waals surface area contributed by atoms with Crippen LogP contribution in [0.15, 0.2) is 32.7 Å². The molecule has 0 atom stereocenters. The molecule has 31 heavy (non-hydrogen) atoms. The van der Waals surface area contributed by atoms with Crippen LogP contribution in [-0.4, -0.2) is 36.7 Å². The first-order valence-electron chi connectivity index (χ1n) is 10.4. The van der Waals surface area contributed by atoms with Crippen LogP contribution in [0.5, 0.6) is 0 Å². The maximum Gasteiger partial charge on any atom is 0.330 e. The number of nitrogens with zero attached hydrogens (tertiary/aromatic N) is 2. The third kappa shape index (κ3) is 4.73. The van der Waals surface area contributed by atoms with Gasteiger partial charge in [0.2, 0.25) is 5.91 Å². The van der Waals surface area contributed by atoms with Gasteiger partial charge in [-0.1, -0.05) is 19.4 Å². The average Bonchev–Trinajstić information content (AvgIpc) is 3.19. The number of aromatic amines is 1. The molecule has 1 heterocycles. The number of unbranched alkanes of at least 4 members (excludes halogenated alkanes) is 1. The van der Waals surface area contributed by atoms with Crippen LogP contribution >= 0.6 is 0 Å². The van der Waals surface area contributed by atoms with Gasteiger partial charge < -0.3 is 10.6 Å². The van der Waals surface area contributed by atoms with E-state index in [1.807, 2.05) is 13.0 Å². The molecular formula is C21H28N4O5S. The first kappa shape index (κ1) is 22.8. The van der Waals surface area contributed by atoms with Gasteiger partial charge in [-0.2, -0.15) is 0 Å². The number of nitrogens with one attached hydrogen (secondary N) is 1. The minimum absolute atomic E-state index is 0.112. The van der Waals surface area contributed by atoms with E-state index in [9.17, 15) is 22.8 Å². The van der Waals surface area contributed by atoms with Crippen LogP contribution in [0.2, 0.25) is 0 Å². The van der Waals surface area contributed by atoms with E-state index in [2.05, 4.69) is 4.98 Å². The van der Waals surface area contributed by atoms with Gasteiger partial charge in [-0.05, 0) is 48.9 Å². The Morgan fingerprint density at radius 2 is 1.94 bits per heavy atom. The predicted octanol–water partition coefficient (Wildman–Crippen LogP) is 1.23. The largest absolute Gasteiger partial charge is 0.383 e. The molecule has 0 fully saturated rings. The number of aryl methyl sites for hydroxylation is 2. The summed E-state index contributed by atoms with van der Waals surface area (Å²) in [7, 11) is -2.31. The third-order valence-electron chi connectivity index (χ3n) is 5.67. The average molecular weight is 449 g/mol. The lowest BCUT2D eigenvalue weighted by Gasteiger charge is -2.20. The number of aromatic nitrogens is 2. The Kier molecular flexibility index (Phi) is 6.68. The Labute approximate surface area is 180 Å². The van der Waals surface area contributed by atoms with E-state index < -0.39 is 27.0 Å². The fraction of sp³-hybridized carbons (Fsp3) is 0.476. The maximum atomic E-state index is 12.7. The fourth-order valence-electron chi connectivity index (χ4n) is 3.81. The quantitative estimate of drug-likeness (QED) is 0.624. The Morgan fingerprint density at radius 1 is 1.23 bits per heavy atom. The summed E-state index contributed by atoms with van der Waals surface area (Å²) in [5.74, 6) is -1.08. The molecule has 0 saturated carbocycles. The summed E-state index contributed by atoms with van der Waals surface area (Å²) in [6, 6.07) is 5.11. The zero-order valence-electron chi connectivity index (χ0n) is 17.8. The number of rotatable bonds is 8. The first-order chi connectivity index (χ1) is 14.7. The van der Waals surface area contributed by atoms with Crippen molar-refractivity contribution in [2.24, 2.45) is 0 Å². The lowest BCUT2D eigenvalue weighted by Crippen LogP contribution is -2.39. The highest BCUT2D eigenvalue weighted by Crippen LogP contribution is 2.25. The van der Waals surface area contributed by atoms with Crippen molar-refractivity contribution < 1.29 is 13.2 Å². The molecule has 0 radical (unpaired) electrons. The van der Waals surface area contributed by atoms with Gasteiger partial charge in [-0.25, -0.2) is 13.2 Å². The molecule has 10 heteroatoms. The molecule has 3 rings (SSSR count). The molecular weight excluding hydrogens is 420 g/mol. The van der Waals surface area contributed by atoms with Crippen molar-refractivity contribution in [3.8, 4) is 0 Å². The number of sulfone groups is 1. The summed E-state index contributed by atoms with van der Waals surface area (Å²) in [6.45, 7) is 2.25. The summed E-state index contributed by atoms with van der Waals surface area (Å²) in [5, 5.41) is 0. The second-order valence-electron chi connectivity index (χ2n) is 7.80. The van der Waals surface area contributed by atoms with Gasteiger partial charge in [-0.3, -0.25) is 19.1 Å². The third-order valence-corrected chi connectivity index (χ3v) is 7.39. The number of carbonyl (C=O) groups excluding carboxylic acids is 1. The Balaban J connectivity index is 1.78. The lowest BCUT2D eigenvalue weighted by molar-refractivity contribution is -0.117. The Hall–Kier alpha value is -2.88. The minimum Gasteiger partial charge on any atom is -0.383 e. The van der Waals surface area contributed by atoms with Gasteiger partial charge in [0.1, 0.15) is 5.82 Å². The Morgan fingerprint density at radius 3 is 2.65 bits per heavy atom. The molecule has 0 bridgehead atoms. The van der Waals surface area contributed by atoms with Crippen LogP contribution in [0, 0.1) is 0 Å². The molecule has 2 aromatic rings. The summed E-state index contributed by atoms with van der Waals surface area (Å²) >= 11 is 0. The second-order valence-corrected chi connectivity index (χ2v) is 9.91. The van der Waals surface area contributed by atoms with Crippen molar-refractivity contribution in [2.45, 2.75) is 56.9 Å². The van der Waals surface area contributed by atoms with Crippen LogP contribution in [0.4, 0.5) is 11.5 Å². The molecule has 1 aromatic heterocycles. The molecule has 0 unspecified atom stereocenters. The van der Waals surface area contributed by atoms with Crippen LogP contribution in [0.1, 0.15) is 43.7 Å². The number of anilines is 2. The van der Waals surface area contributed by atoms with Crippen molar-refractivity contribution in [3.05, 3.63) is 50.2 Å². The fourth-order valence-corrected chi connectivity index (χ4v) is 5.09. The number of nitrogen functional groups attached to an aromatic ring is 1. The van der Waals surface area contributed by atoms with E-state index in [0.717, 1.165) is 36.1 Å². The zero-order chi connectivity index (χ0) is 22.8. The van der Waals surface area contributed by atoms with E-state index in [0.29, 0.717) is 13.0 Å². The summed E-state index contributed by atoms with van der Waals surface area (Å²) in [4.78, 5) is 40.4. The topological polar surface area (TPSA) is 135 Å². The number of hydrogen-bond acceptors (Lipinski definition) is 6. The van der Waals surface area contributed by atoms with E-state index in [1.54, 1.807) is 12.1 Å². The van der Waals surface area contributed by atoms with Gasteiger partial charge in [0.15, 0.2) is 15.5 Å². The summed E-state index contributed by atoms with van der Waals surface area (Å²) in [5.41, 5.74) is 6.65. The lowest BCUT2D eigenvalue weighted by atomic mass is 10.1. The SMILES string of the molecule is CCCCn1c(N)c(N(C)C(=O)CCS(=O)(=O)c2ccc3c(c2)CCC3)c(=O)[nH]c1=O. The van der Waals surface area contributed by atoms with E-state index in [1.165, 1.54) is 17.2 Å². The molecule has 0 spiro atoms. The summed E-state index contributed by atoms with van der Waals surface area (Å²) < 4.78 is 26.7. The van der Waals surface area contributed by atoms with Crippen LogP contribution in [0.25, 0.3) is 0 Å². The number of H-pyrrole nitrogens is 1. The van der Waals surface area contributed by atoms with Crippen LogP contribution in [-0.2, 0) is 34.0 Å². The monoisotopic (exact) mass is 448 g/mol. The molecule has 3 N–H and O–H groups in total. The Bertz CT molecular complexity index is 1210. The number of amides is 1.